The minimum atomic E-state index is -0.285. The Bertz CT molecular complexity index is 491. The van der Waals surface area contributed by atoms with Gasteiger partial charge in [-0.15, -0.1) is 0 Å². The molecule has 1 aromatic rings. The second-order valence-corrected chi connectivity index (χ2v) is 6.64. The maximum Gasteiger partial charge on any atom is 0.249 e. The number of benzene rings is 1. The predicted octanol–water partition coefficient (Wildman–Crippen LogP) is 2.59. The molecular weight excluding hydrogens is 306 g/mol. The van der Waals surface area contributed by atoms with Crippen molar-refractivity contribution in [3.8, 4) is 0 Å². The van der Waals surface area contributed by atoms with E-state index in [1.54, 1.807) is 0 Å². The Kier molecular flexibility index (Phi) is 3.63. The quantitative estimate of drug-likeness (QED) is 0.849. The standard InChI is InChI=1S/C15H18BrNO2/c1-9-6-7-19-14(9)15(18)17-13-11-5-3-2-4-10(11)8-12(13)16/h2-5,9,12-14H,6-8H2,1H3,(H,17,18). The molecule has 0 bridgehead atoms. The van der Waals surface area contributed by atoms with E-state index in [4.69, 9.17) is 4.74 Å². The fourth-order valence-electron chi connectivity index (χ4n) is 2.98. The van der Waals surface area contributed by atoms with E-state index in [2.05, 4.69) is 40.3 Å². The molecule has 1 amide bonds. The first-order chi connectivity index (χ1) is 9.16. The van der Waals surface area contributed by atoms with Gasteiger partial charge in [-0.3, -0.25) is 4.79 Å². The van der Waals surface area contributed by atoms with Crippen LogP contribution in [0.5, 0.6) is 0 Å². The van der Waals surface area contributed by atoms with Crippen molar-refractivity contribution in [2.45, 2.75) is 36.7 Å². The van der Waals surface area contributed by atoms with Crippen molar-refractivity contribution in [3.05, 3.63) is 35.4 Å². The predicted molar refractivity (Wildman–Crippen MR) is 77.3 cm³/mol. The average Bonchev–Trinajstić information content (AvgIpc) is 2.94. The van der Waals surface area contributed by atoms with Crippen molar-refractivity contribution in [1.82, 2.24) is 5.32 Å². The van der Waals surface area contributed by atoms with Gasteiger partial charge in [-0.1, -0.05) is 47.1 Å². The van der Waals surface area contributed by atoms with Crippen LogP contribution in [-0.2, 0) is 16.0 Å². The lowest BCUT2D eigenvalue weighted by Crippen LogP contribution is -2.40. The molecule has 1 saturated heterocycles. The normalized spacial score (nSPS) is 33.2. The lowest BCUT2D eigenvalue weighted by Gasteiger charge is -2.21. The zero-order chi connectivity index (χ0) is 13.4. The molecule has 2 aliphatic rings. The second-order valence-electron chi connectivity index (χ2n) is 5.46. The van der Waals surface area contributed by atoms with Crippen molar-refractivity contribution < 1.29 is 9.53 Å². The molecule has 3 nitrogen and oxygen atoms in total. The van der Waals surface area contributed by atoms with Gasteiger partial charge in [0.25, 0.3) is 0 Å². The molecule has 4 unspecified atom stereocenters. The summed E-state index contributed by atoms with van der Waals surface area (Å²) in [6, 6.07) is 8.35. The SMILES string of the molecule is CC1CCOC1C(=O)NC1c2ccccc2CC1Br. The zero-order valence-corrected chi connectivity index (χ0v) is 12.5. The molecule has 0 saturated carbocycles. The van der Waals surface area contributed by atoms with E-state index in [0.29, 0.717) is 12.5 Å². The number of carbonyl (C=O) groups is 1. The summed E-state index contributed by atoms with van der Waals surface area (Å²) in [7, 11) is 0. The zero-order valence-electron chi connectivity index (χ0n) is 10.9. The fraction of sp³-hybridized carbons (Fsp3) is 0.533. The van der Waals surface area contributed by atoms with E-state index < -0.39 is 0 Å². The van der Waals surface area contributed by atoms with Crippen LogP contribution in [0.1, 0.15) is 30.5 Å². The Morgan fingerprint density at radius 2 is 2.21 bits per heavy atom. The molecule has 1 N–H and O–H groups in total. The van der Waals surface area contributed by atoms with Crippen LogP contribution in [0.25, 0.3) is 0 Å². The van der Waals surface area contributed by atoms with Crippen LogP contribution in [0.15, 0.2) is 24.3 Å². The lowest BCUT2D eigenvalue weighted by molar-refractivity contribution is -0.132. The van der Waals surface area contributed by atoms with E-state index in [1.165, 1.54) is 11.1 Å². The van der Waals surface area contributed by atoms with Crippen LogP contribution in [0.3, 0.4) is 0 Å². The van der Waals surface area contributed by atoms with Gasteiger partial charge in [0, 0.05) is 11.4 Å². The number of hydrogen-bond acceptors (Lipinski definition) is 2. The van der Waals surface area contributed by atoms with E-state index >= 15 is 0 Å². The van der Waals surface area contributed by atoms with Crippen LogP contribution < -0.4 is 5.32 Å². The van der Waals surface area contributed by atoms with Gasteiger partial charge in [0.1, 0.15) is 6.10 Å². The van der Waals surface area contributed by atoms with Crippen molar-refractivity contribution in [2.24, 2.45) is 5.92 Å². The van der Waals surface area contributed by atoms with Gasteiger partial charge in [0.05, 0.1) is 6.04 Å². The third-order valence-corrected chi connectivity index (χ3v) is 4.96. The summed E-state index contributed by atoms with van der Waals surface area (Å²) in [5.41, 5.74) is 2.54. The van der Waals surface area contributed by atoms with Gasteiger partial charge in [0.2, 0.25) is 5.91 Å². The maximum atomic E-state index is 12.3. The minimum Gasteiger partial charge on any atom is -0.368 e. The Morgan fingerprint density at radius 1 is 1.42 bits per heavy atom. The topological polar surface area (TPSA) is 38.3 Å². The highest BCUT2D eigenvalue weighted by Crippen LogP contribution is 2.36. The molecule has 0 aromatic heterocycles. The molecule has 1 aliphatic heterocycles. The fourth-order valence-corrected chi connectivity index (χ4v) is 3.75. The number of halogens is 1. The summed E-state index contributed by atoms with van der Waals surface area (Å²) in [4.78, 5) is 12.6. The van der Waals surface area contributed by atoms with Crippen LogP contribution in [-0.4, -0.2) is 23.4 Å². The maximum absolute atomic E-state index is 12.3. The van der Waals surface area contributed by atoms with Gasteiger partial charge >= 0.3 is 0 Å². The summed E-state index contributed by atoms with van der Waals surface area (Å²) >= 11 is 3.68. The van der Waals surface area contributed by atoms with Crippen molar-refractivity contribution >= 4 is 21.8 Å². The third kappa shape index (κ3) is 2.43. The number of carbonyl (C=O) groups excluding carboxylic acids is 1. The molecule has 1 fully saturated rings. The van der Waals surface area contributed by atoms with E-state index in [9.17, 15) is 4.79 Å². The highest BCUT2D eigenvalue weighted by molar-refractivity contribution is 9.09. The highest BCUT2D eigenvalue weighted by atomic mass is 79.9. The Labute approximate surface area is 121 Å². The highest BCUT2D eigenvalue weighted by Gasteiger charge is 2.36. The summed E-state index contributed by atoms with van der Waals surface area (Å²) < 4.78 is 5.53. The van der Waals surface area contributed by atoms with Crippen molar-refractivity contribution in [2.75, 3.05) is 6.61 Å². The molecule has 4 atom stereocenters. The van der Waals surface area contributed by atoms with Gasteiger partial charge in [-0.05, 0) is 29.9 Å². The summed E-state index contributed by atoms with van der Waals surface area (Å²) in [5.74, 6) is 0.335. The number of ether oxygens (including phenoxy) is 1. The summed E-state index contributed by atoms with van der Waals surface area (Å²) in [5, 5.41) is 3.15. The molecule has 19 heavy (non-hydrogen) atoms. The number of nitrogens with one attached hydrogen (secondary N) is 1. The smallest absolute Gasteiger partial charge is 0.249 e. The van der Waals surface area contributed by atoms with Crippen LogP contribution in [0.4, 0.5) is 0 Å². The molecule has 1 aromatic carbocycles. The number of fused-ring (bicyclic) bond motifs is 1. The first-order valence-electron chi connectivity index (χ1n) is 6.80. The average molecular weight is 324 g/mol. The van der Waals surface area contributed by atoms with Crippen LogP contribution in [0, 0.1) is 5.92 Å². The molecule has 3 rings (SSSR count). The monoisotopic (exact) mass is 323 g/mol. The Balaban J connectivity index is 1.75. The number of alkyl halides is 1. The second kappa shape index (κ2) is 5.25. The van der Waals surface area contributed by atoms with E-state index in [0.717, 1.165) is 12.8 Å². The molecular formula is C15H18BrNO2. The number of amides is 1. The lowest BCUT2D eigenvalue weighted by atomic mass is 10.0. The van der Waals surface area contributed by atoms with E-state index in [1.807, 2.05) is 12.1 Å². The van der Waals surface area contributed by atoms with Gasteiger partial charge in [-0.25, -0.2) is 0 Å². The largest absolute Gasteiger partial charge is 0.368 e. The van der Waals surface area contributed by atoms with Crippen LogP contribution >= 0.6 is 15.9 Å². The first-order valence-corrected chi connectivity index (χ1v) is 7.72. The number of rotatable bonds is 2. The number of hydrogen-bond donors (Lipinski definition) is 1. The van der Waals surface area contributed by atoms with Crippen molar-refractivity contribution in [1.29, 1.82) is 0 Å². The molecule has 1 heterocycles. The summed E-state index contributed by atoms with van der Waals surface area (Å²) in [6.45, 7) is 2.77. The molecule has 0 spiro atoms. The van der Waals surface area contributed by atoms with Gasteiger partial charge in [0.15, 0.2) is 0 Å². The van der Waals surface area contributed by atoms with Gasteiger partial charge in [-0.2, -0.15) is 0 Å². The minimum absolute atomic E-state index is 0.0242. The molecule has 4 heteroatoms. The van der Waals surface area contributed by atoms with Crippen molar-refractivity contribution in [3.63, 3.8) is 0 Å². The molecule has 102 valence electrons. The van der Waals surface area contributed by atoms with E-state index in [-0.39, 0.29) is 22.9 Å². The summed E-state index contributed by atoms with van der Waals surface area (Å²) in [6.07, 6.45) is 1.65. The Morgan fingerprint density at radius 3 is 2.95 bits per heavy atom. The molecule has 0 radical (unpaired) electrons. The first kappa shape index (κ1) is 13.1. The van der Waals surface area contributed by atoms with Gasteiger partial charge < -0.3 is 10.1 Å². The van der Waals surface area contributed by atoms with Crippen LogP contribution in [0.2, 0.25) is 0 Å². The Hall–Kier alpha value is -0.870. The third-order valence-electron chi connectivity index (χ3n) is 4.11. The molecule has 1 aliphatic carbocycles.